The largest absolute Gasteiger partial charge is 0.507 e. The smallest absolute Gasteiger partial charge is 0.295 e. The molecule has 0 unspecified atom stereocenters. The van der Waals surface area contributed by atoms with Crippen LogP contribution in [-0.4, -0.2) is 59.9 Å². The third-order valence-corrected chi connectivity index (χ3v) is 6.85. The summed E-state index contributed by atoms with van der Waals surface area (Å²) in [5.41, 5.74) is 1.25. The Labute approximate surface area is 219 Å². The number of unbranched alkanes of at least 4 members (excludes halogenated alkanes) is 2. The number of carbonyl (C=O) groups is 2. The van der Waals surface area contributed by atoms with E-state index in [2.05, 4.69) is 18.7 Å². The van der Waals surface area contributed by atoms with Gasteiger partial charge >= 0.3 is 0 Å². The molecule has 2 aromatic carbocycles. The molecule has 1 fully saturated rings. The van der Waals surface area contributed by atoms with Gasteiger partial charge in [-0.3, -0.25) is 9.59 Å². The fourth-order valence-electron chi connectivity index (χ4n) is 4.60. The standard InChI is InChI=1S/C29H37ClN2O4/c1-4-6-16-31(17-7-5-2)18-9-19-32-26(22-10-8-11-24(20-22)36-3)25(28(34)29(32)35)27(33)21-12-14-23(30)15-13-21/h8,10-15,20,26,33H,4-7,9,16-19H2,1-3H3/t26-/m0/s1. The predicted molar refractivity (Wildman–Crippen MR) is 144 cm³/mol. The van der Waals surface area contributed by atoms with Crippen LogP contribution >= 0.6 is 11.6 Å². The first-order valence-electron chi connectivity index (χ1n) is 12.8. The first kappa shape index (κ1) is 27.8. The number of Topliss-reactive ketones (excluding diaryl/α,β-unsaturated/α-hetero) is 1. The molecule has 0 spiro atoms. The highest BCUT2D eigenvalue weighted by Gasteiger charge is 2.45. The van der Waals surface area contributed by atoms with Gasteiger partial charge < -0.3 is 19.6 Å². The minimum atomic E-state index is -0.699. The van der Waals surface area contributed by atoms with Crippen molar-refractivity contribution in [3.05, 3.63) is 70.3 Å². The first-order valence-corrected chi connectivity index (χ1v) is 13.2. The van der Waals surface area contributed by atoms with E-state index in [0.717, 1.165) is 57.3 Å². The predicted octanol–water partition coefficient (Wildman–Crippen LogP) is 6.06. The van der Waals surface area contributed by atoms with Crippen LogP contribution in [0.15, 0.2) is 54.1 Å². The van der Waals surface area contributed by atoms with Crippen LogP contribution in [0.2, 0.25) is 5.02 Å². The highest BCUT2D eigenvalue weighted by atomic mass is 35.5. The molecule has 1 saturated heterocycles. The lowest BCUT2D eigenvalue weighted by Crippen LogP contribution is -2.34. The Morgan fingerprint density at radius 3 is 2.25 bits per heavy atom. The van der Waals surface area contributed by atoms with Crippen molar-refractivity contribution in [2.24, 2.45) is 0 Å². The second kappa shape index (κ2) is 13.5. The normalized spacial score (nSPS) is 17.2. The summed E-state index contributed by atoms with van der Waals surface area (Å²) in [7, 11) is 1.57. The zero-order valence-corrected chi connectivity index (χ0v) is 22.3. The maximum Gasteiger partial charge on any atom is 0.295 e. The molecular formula is C29H37ClN2O4. The Bertz CT molecular complexity index is 1060. The zero-order valence-electron chi connectivity index (χ0n) is 21.5. The van der Waals surface area contributed by atoms with E-state index in [9.17, 15) is 14.7 Å². The number of hydrogen-bond donors (Lipinski definition) is 1. The molecule has 2 aromatic rings. The number of halogens is 1. The first-order chi connectivity index (χ1) is 17.4. The van der Waals surface area contributed by atoms with Crippen molar-refractivity contribution in [1.29, 1.82) is 0 Å². The second-order valence-electron chi connectivity index (χ2n) is 9.18. The number of likely N-dealkylation sites (tertiary alicyclic amines) is 1. The van der Waals surface area contributed by atoms with Crippen LogP contribution < -0.4 is 4.74 Å². The average molecular weight is 513 g/mol. The summed E-state index contributed by atoms with van der Waals surface area (Å²) in [4.78, 5) is 30.5. The molecule has 1 atom stereocenters. The summed E-state index contributed by atoms with van der Waals surface area (Å²) in [6.07, 6.45) is 5.29. The van der Waals surface area contributed by atoms with Crippen LogP contribution in [0, 0.1) is 0 Å². The van der Waals surface area contributed by atoms with Crippen LogP contribution in [0.1, 0.15) is 63.1 Å². The summed E-state index contributed by atoms with van der Waals surface area (Å²) in [6.45, 7) is 7.71. The molecule has 7 heteroatoms. The van der Waals surface area contributed by atoms with Crippen molar-refractivity contribution in [2.45, 2.75) is 52.0 Å². The summed E-state index contributed by atoms with van der Waals surface area (Å²) < 4.78 is 5.40. The number of aliphatic hydroxyl groups is 1. The molecular weight excluding hydrogens is 476 g/mol. The minimum absolute atomic E-state index is 0.0874. The highest BCUT2D eigenvalue weighted by molar-refractivity contribution is 6.46. The van der Waals surface area contributed by atoms with Crippen LogP contribution in [0.25, 0.3) is 5.76 Å². The molecule has 0 radical (unpaired) electrons. The quantitative estimate of drug-likeness (QED) is 0.200. The maximum absolute atomic E-state index is 13.2. The van der Waals surface area contributed by atoms with Gasteiger partial charge in [0.1, 0.15) is 11.5 Å². The van der Waals surface area contributed by atoms with E-state index in [1.807, 2.05) is 24.3 Å². The number of ketones is 1. The van der Waals surface area contributed by atoms with Gasteiger partial charge in [-0.2, -0.15) is 0 Å². The molecule has 6 nitrogen and oxygen atoms in total. The lowest BCUT2D eigenvalue weighted by Gasteiger charge is -2.27. The summed E-state index contributed by atoms with van der Waals surface area (Å²) in [5.74, 6) is -0.848. The fourth-order valence-corrected chi connectivity index (χ4v) is 4.72. The van der Waals surface area contributed by atoms with E-state index in [1.165, 1.54) is 0 Å². The van der Waals surface area contributed by atoms with Gasteiger partial charge in [-0.1, -0.05) is 50.4 Å². The van der Waals surface area contributed by atoms with Gasteiger partial charge in [-0.05, 0) is 80.9 Å². The minimum Gasteiger partial charge on any atom is -0.507 e. The molecule has 0 bridgehead atoms. The number of rotatable bonds is 13. The van der Waals surface area contributed by atoms with Crippen LogP contribution in [0.4, 0.5) is 0 Å². The average Bonchev–Trinajstić information content (AvgIpc) is 3.15. The molecule has 1 heterocycles. The topological polar surface area (TPSA) is 70.1 Å². The Balaban J connectivity index is 1.93. The van der Waals surface area contributed by atoms with Crippen molar-refractivity contribution >= 4 is 29.1 Å². The number of ether oxygens (including phenoxy) is 1. The van der Waals surface area contributed by atoms with Crippen molar-refractivity contribution in [3.63, 3.8) is 0 Å². The van der Waals surface area contributed by atoms with Crippen molar-refractivity contribution < 1.29 is 19.4 Å². The Morgan fingerprint density at radius 1 is 1.00 bits per heavy atom. The van der Waals surface area contributed by atoms with Crippen molar-refractivity contribution in [1.82, 2.24) is 9.80 Å². The Kier molecular flexibility index (Phi) is 10.4. The van der Waals surface area contributed by atoms with Crippen LogP contribution in [0.3, 0.4) is 0 Å². The molecule has 36 heavy (non-hydrogen) atoms. The number of methoxy groups -OCH3 is 1. The number of benzene rings is 2. The van der Waals surface area contributed by atoms with E-state index >= 15 is 0 Å². The van der Waals surface area contributed by atoms with Gasteiger partial charge in [-0.25, -0.2) is 0 Å². The summed E-state index contributed by atoms with van der Waals surface area (Å²) >= 11 is 6.01. The molecule has 1 aliphatic rings. The van der Waals surface area contributed by atoms with Gasteiger partial charge in [-0.15, -0.1) is 0 Å². The van der Waals surface area contributed by atoms with Crippen molar-refractivity contribution in [2.75, 3.05) is 33.3 Å². The number of nitrogens with zero attached hydrogens (tertiary/aromatic N) is 2. The van der Waals surface area contributed by atoms with E-state index < -0.39 is 17.7 Å². The van der Waals surface area contributed by atoms with E-state index in [-0.39, 0.29) is 11.3 Å². The molecule has 1 amide bonds. The lowest BCUT2D eigenvalue weighted by atomic mass is 9.95. The molecule has 0 aromatic heterocycles. The van der Waals surface area contributed by atoms with E-state index in [4.69, 9.17) is 16.3 Å². The van der Waals surface area contributed by atoms with E-state index in [0.29, 0.717) is 22.9 Å². The Hall–Kier alpha value is -2.83. The molecule has 3 rings (SSSR count). The number of carbonyl (C=O) groups excluding carboxylic acids is 2. The zero-order chi connectivity index (χ0) is 26.1. The number of hydrogen-bond acceptors (Lipinski definition) is 5. The molecule has 0 aliphatic carbocycles. The van der Waals surface area contributed by atoms with Gasteiger partial charge in [0.05, 0.1) is 18.7 Å². The second-order valence-corrected chi connectivity index (χ2v) is 9.61. The SMILES string of the molecule is CCCCN(CCCC)CCCN1C(=O)C(=O)C(=C(O)c2ccc(Cl)cc2)[C@@H]1c1cccc(OC)c1. The van der Waals surface area contributed by atoms with Crippen LogP contribution in [-0.2, 0) is 9.59 Å². The van der Waals surface area contributed by atoms with Gasteiger partial charge in [0.2, 0.25) is 0 Å². The Morgan fingerprint density at radius 2 is 1.64 bits per heavy atom. The van der Waals surface area contributed by atoms with Gasteiger partial charge in [0.25, 0.3) is 11.7 Å². The van der Waals surface area contributed by atoms with E-state index in [1.54, 1.807) is 36.3 Å². The molecule has 0 saturated carbocycles. The van der Waals surface area contributed by atoms with Gasteiger partial charge in [0.15, 0.2) is 0 Å². The summed E-state index contributed by atoms with van der Waals surface area (Å²) in [5, 5.41) is 11.7. The maximum atomic E-state index is 13.2. The molecule has 1 aliphatic heterocycles. The molecule has 1 N–H and O–H groups in total. The van der Waals surface area contributed by atoms with Crippen LogP contribution in [0.5, 0.6) is 5.75 Å². The number of aliphatic hydroxyl groups excluding tert-OH is 1. The number of amides is 1. The monoisotopic (exact) mass is 512 g/mol. The molecule has 194 valence electrons. The fraction of sp³-hybridized carbons (Fsp3) is 0.448. The third kappa shape index (κ3) is 6.68. The third-order valence-electron chi connectivity index (χ3n) is 6.60. The van der Waals surface area contributed by atoms with Gasteiger partial charge in [0, 0.05) is 17.1 Å². The van der Waals surface area contributed by atoms with Crippen molar-refractivity contribution in [3.8, 4) is 5.75 Å². The highest BCUT2D eigenvalue weighted by Crippen LogP contribution is 2.40. The lowest BCUT2D eigenvalue weighted by molar-refractivity contribution is -0.140. The summed E-state index contributed by atoms with van der Waals surface area (Å²) in [6, 6.07) is 13.2.